The Kier molecular flexibility index (Phi) is 8.87. The molecule has 0 spiro atoms. The number of rotatable bonds is 13. The largest absolute Gasteiger partial charge is 0.353 e. The summed E-state index contributed by atoms with van der Waals surface area (Å²) in [4.78, 5) is 15.3. The third-order valence-electron chi connectivity index (χ3n) is 3.92. The molecule has 2 rings (SSSR count). The molecule has 0 aliphatic rings. The summed E-state index contributed by atoms with van der Waals surface area (Å²) in [5, 5.41) is 9.39. The van der Waals surface area contributed by atoms with E-state index in [0.29, 0.717) is 37.5 Å². The fourth-order valence-corrected chi connectivity index (χ4v) is 2.46. The maximum absolute atomic E-state index is 13.1. The van der Waals surface area contributed by atoms with Gasteiger partial charge >= 0.3 is 0 Å². The first kappa shape index (κ1) is 21.3. The third-order valence-corrected chi connectivity index (χ3v) is 3.92. The lowest BCUT2D eigenvalue weighted by Gasteiger charge is -2.20. The van der Waals surface area contributed by atoms with E-state index in [9.17, 15) is 4.39 Å². The first-order valence-electron chi connectivity index (χ1n) is 9.30. The van der Waals surface area contributed by atoms with Crippen LogP contribution in [0.15, 0.2) is 49.6 Å². The van der Waals surface area contributed by atoms with Gasteiger partial charge in [0.05, 0.1) is 0 Å². The van der Waals surface area contributed by atoms with Gasteiger partial charge in [0.15, 0.2) is 0 Å². The van der Waals surface area contributed by atoms with Crippen LogP contribution in [0, 0.1) is 5.82 Å². The van der Waals surface area contributed by atoms with Crippen molar-refractivity contribution in [3.63, 3.8) is 0 Å². The first-order chi connectivity index (χ1) is 13.6. The number of hydrogen-bond donors (Lipinski definition) is 3. The van der Waals surface area contributed by atoms with Crippen molar-refractivity contribution in [3.8, 4) is 0 Å². The van der Waals surface area contributed by atoms with Crippen LogP contribution >= 0.6 is 0 Å². The van der Waals surface area contributed by atoms with Crippen LogP contribution in [0.2, 0.25) is 0 Å². The van der Waals surface area contributed by atoms with Crippen LogP contribution in [-0.4, -0.2) is 52.6 Å². The normalized spacial score (nSPS) is 10.5. The number of benzene rings is 1. The zero-order valence-electron chi connectivity index (χ0n) is 16.3. The Morgan fingerprint density at radius 1 is 0.929 bits per heavy atom. The lowest BCUT2D eigenvalue weighted by molar-refractivity contribution is 0.291. The topological polar surface area (TPSA) is 78.0 Å². The van der Waals surface area contributed by atoms with E-state index in [-0.39, 0.29) is 5.82 Å². The highest BCUT2D eigenvalue weighted by molar-refractivity contribution is 5.42. The summed E-state index contributed by atoms with van der Waals surface area (Å²) in [5.41, 5.74) is 1.08. The van der Waals surface area contributed by atoms with Crippen molar-refractivity contribution >= 4 is 17.8 Å². The molecule has 1 heterocycles. The van der Waals surface area contributed by atoms with Crippen LogP contribution in [0.1, 0.15) is 12.5 Å². The maximum atomic E-state index is 13.1. The van der Waals surface area contributed by atoms with E-state index in [4.69, 9.17) is 0 Å². The van der Waals surface area contributed by atoms with Crippen LogP contribution < -0.4 is 16.0 Å². The molecule has 3 N–H and O–H groups in total. The second kappa shape index (κ2) is 11.7. The minimum atomic E-state index is -0.218. The van der Waals surface area contributed by atoms with Gasteiger partial charge in [-0.3, -0.25) is 4.90 Å². The van der Waals surface area contributed by atoms with Gasteiger partial charge in [-0.25, -0.2) is 4.39 Å². The van der Waals surface area contributed by atoms with Crippen LogP contribution in [-0.2, 0) is 6.54 Å². The monoisotopic (exact) mass is 385 g/mol. The summed E-state index contributed by atoms with van der Waals surface area (Å²) in [5.74, 6) is 1.22. The van der Waals surface area contributed by atoms with E-state index in [1.54, 1.807) is 12.2 Å². The van der Waals surface area contributed by atoms with Crippen molar-refractivity contribution in [2.75, 3.05) is 48.7 Å². The Morgan fingerprint density at radius 3 is 1.96 bits per heavy atom. The highest BCUT2D eigenvalue weighted by atomic mass is 19.1. The lowest BCUT2D eigenvalue weighted by atomic mass is 10.2. The smallest absolute Gasteiger partial charge is 0.229 e. The molecule has 0 aliphatic carbocycles. The summed E-state index contributed by atoms with van der Waals surface area (Å²) in [6.45, 7) is 13.7. The van der Waals surface area contributed by atoms with Gasteiger partial charge in [-0.05, 0) is 24.2 Å². The molecule has 0 unspecified atom stereocenters. The van der Waals surface area contributed by atoms with Crippen LogP contribution in [0.25, 0.3) is 0 Å². The number of halogens is 1. The number of anilines is 3. The SMILES string of the molecule is C=CCNc1nc(NCC=C)nc(NCCN(CC)Cc2ccc(F)cc2)n1. The van der Waals surface area contributed by atoms with Gasteiger partial charge in [0.1, 0.15) is 5.82 Å². The number of nitrogens with one attached hydrogen (secondary N) is 3. The molecule has 0 amide bonds. The molecule has 0 radical (unpaired) electrons. The highest BCUT2D eigenvalue weighted by Crippen LogP contribution is 2.10. The molecule has 0 saturated carbocycles. The van der Waals surface area contributed by atoms with E-state index < -0.39 is 0 Å². The van der Waals surface area contributed by atoms with Gasteiger partial charge in [0.2, 0.25) is 17.8 Å². The van der Waals surface area contributed by atoms with Crippen molar-refractivity contribution < 1.29 is 4.39 Å². The van der Waals surface area contributed by atoms with E-state index >= 15 is 0 Å². The second-order valence-corrected chi connectivity index (χ2v) is 6.07. The quantitative estimate of drug-likeness (QED) is 0.457. The summed E-state index contributed by atoms with van der Waals surface area (Å²) in [6, 6.07) is 6.60. The van der Waals surface area contributed by atoms with Gasteiger partial charge in [0.25, 0.3) is 0 Å². The van der Waals surface area contributed by atoms with E-state index in [1.165, 1.54) is 12.1 Å². The summed E-state index contributed by atoms with van der Waals surface area (Å²) < 4.78 is 13.1. The molecule has 2 aromatic rings. The number of aromatic nitrogens is 3. The standard InChI is InChI=1S/C20H28FN7/c1-4-11-22-18-25-19(23-12-5-2)27-20(26-18)24-13-14-28(6-3)15-16-7-9-17(21)10-8-16/h4-5,7-10H,1-2,6,11-15H2,3H3,(H3,22,23,24,25,26,27). The Labute approximate surface area is 165 Å². The molecule has 0 aliphatic heterocycles. The molecule has 28 heavy (non-hydrogen) atoms. The molecule has 150 valence electrons. The fraction of sp³-hybridized carbons (Fsp3) is 0.350. The third kappa shape index (κ3) is 7.32. The zero-order chi connectivity index (χ0) is 20.2. The zero-order valence-corrected chi connectivity index (χ0v) is 16.3. The maximum Gasteiger partial charge on any atom is 0.229 e. The predicted molar refractivity (Wildman–Crippen MR) is 113 cm³/mol. The molecular formula is C20H28FN7. The van der Waals surface area contributed by atoms with Gasteiger partial charge in [-0.2, -0.15) is 15.0 Å². The minimum Gasteiger partial charge on any atom is -0.353 e. The van der Waals surface area contributed by atoms with Gasteiger partial charge in [-0.1, -0.05) is 31.2 Å². The van der Waals surface area contributed by atoms with Crippen molar-refractivity contribution in [1.82, 2.24) is 19.9 Å². The molecule has 0 bridgehead atoms. The Balaban J connectivity index is 1.93. The van der Waals surface area contributed by atoms with E-state index in [1.807, 2.05) is 12.1 Å². The Bertz CT molecular complexity index is 718. The second-order valence-electron chi connectivity index (χ2n) is 6.07. The first-order valence-corrected chi connectivity index (χ1v) is 9.30. The van der Waals surface area contributed by atoms with Crippen molar-refractivity contribution in [2.24, 2.45) is 0 Å². The minimum absolute atomic E-state index is 0.218. The van der Waals surface area contributed by atoms with Crippen molar-refractivity contribution in [3.05, 3.63) is 61.0 Å². The van der Waals surface area contributed by atoms with Crippen molar-refractivity contribution in [1.29, 1.82) is 0 Å². The number of likely N-dealkylation sites (N-methyl/N-ethyl adjacent to an activating group) is 1. The van der Waals surface area contributed by atoms with Crippen molar-refractivity contribution in [2.45, 2.75) is 13.5 Å². The molecule has 1 aromatic heterocycles. The summed E-state index contributed by atoms with van der Waals surface area (Å²) in [6.07, 6.45) is 3.48. The van der Waals surface area contributed by atoms with Crippen LogP contribution in [0.4, 0.5) is 22.2 Å². The molecule has 1 aromatic carbocycles. The Morgan fingerprint density at radius 2 is 1.46 bits per heavy atom. The van der Waals surface area contributed by atoms with Gasteiger partial charge < -0.3 is 16.0 Å². The molecule has 0 fully saturated rings. The van der Waals surface area contributed by atoms with Crippen LogP contribution in [0.3, 0.4) is 0 Å². The highest BCUT2D eigenvalue weighted by Gasteiger charge is 2.07. The number of hydrogen-bond acceptors (Lipinski definition) is 7. The molecular weight excluding hydrogens is 357 g/mol. The van der Waals surface area contributed by atoms with Gasteiger partial charge in [-0.15, -0.1) is 13.2 Å². The average Bonchev–Trinajstić information content (AvgIpc) is 2.71. The molecule has 0 saturated heterocycles. The predicted octanol–water partition coefficient (Wildman–Crippen LogP) is 3.14. The molecule has 0 atom stereocenters. The lowest BCUT2D eigenvalue weighted by Crippen LogP contribution is -2.29. The van der Waals surface area contributed by atoms with E-state index in [2.05, 4.69) is 55.9 Å². The average molecular weight is 385 g/mol. The van der Waals surface area contributed by atoms with Gasteiger partial charge in [0, 0.05) is 32.7 Å². The fourth-order valence-electron chi connectivity index (χ4n) is 2.46. The van der Waals surface area contributed by atoms with Crippen LogP contribution in [0.5, 0.6) is 0 Å². The Hall–Kier alpha value is -3.00. The molecule has 7 nitrogen and oxygen atoms in total. The summed E-state index contributed by atoms with van der Waals surface area (Å²) >= 11 is 0. The molecule has 8 heteroatoms. The number of nitrogens with zero attached hydrogens (tertiary/aromatic N) is 4. The van der Waals surface area contributed by atoms with E-state index in [0.717, 1.165) is 25.2 Å². The summed E-state index contributed by atoms with van der Waals surface area (Å²) in [7, 11) is 0.